The third kappa shape index (κ3) is 14.4. The quantitative estimate of drug-likeness (QED) is 0.128. The molecule has 140 valence electrons. The van der Waals surface area contributed by atoms with Crippen LogP contribution in [0.2, 0.25) is 0 Å². The SMILES string of the molecule is C=CCCOC(=O)C(CC(=O)OCCCCCCCC)S(=O)(=O)[O-].[Na+]. The zero-order valence-electron chi connectivity index (χ0n) is 15.2. The molecule has 1 atom stereocenters. The molecule has 1 unspecified atom stereocenters. The molecule has 0 aliphatic rings. The maximum Gasteiger partial charge on any atom is 1.00 e. The van der Waals surface area contributed by atoms with Crippen LogP contribution in [-0.2, 0) is 29.2 Å². The smallest absolute Gasteiger partial charge is 0.747 e. The molecule has 0 aromatic carbocycles. The fourth-order valence-electron chi connectivity index (χ4n) is 1.92. The Balaban J connectivity index is 0. The minimum Gasteiger partial charge on any atom is -0.747 e. The molecule has 0 aromatic heterocycles. The molecule has 0 amide bonds. The van der Waals surface area contributed by atoms with Crippen LogP contribution in [0.3, 0.4) is 0 Å². The Kier molecular flexibility index (Phi) is 17.0. The zero-order chi connectivity index (χ0) is 18.4. The van der Waals surface area contributed by atoms with E-state index < -0.39 is 33.7 Å². The summed E-state index contributed by atoms with van der Waals surface area (Å²) < 4.78 is 42.9. The number of carbonyl (C=O) groups is 2. The molecule has 0 rings (SSSR count). The van der Waals surface area contributed by atoms with Gasteiger partial charge in [-0.15, -0.1) is 6.58 Å². The van der Waals surface area contributed by atoms with Crippen molar-refractivity contribution in [1.82, 2.24) is 0 Å². The number of ether oxygens (including phenoxy) is 2. The van der Waals surface area contributed by atoms with Gasteiger partial charge in [0.2, 0.25) is 0 Å². The van der Waals surface area contributed by atoms with Crippen LogP contribution in [-0.4, -0.2) is 43.4 Å². The Labute approximate surface area is 172 Å². The Hall–Kier alpha value is -0.410. The van der Waals surface area contributed by atoms with E-state index in [0.29, 0.717) is 12.8 Å². The van der Waals surface area contributed by atoms with Gasteiger partial charge in [-0.3, -0.25) is 9.59 Å². The maximum atomic E-state index is 11.6. The first-order valence-electron chi connectivity index (χ1n) is 8.20. The van der Waals surface area contributed by atoms with Crippen molar-refractivity contribution in [2.45, 2.75) is 63.5 Å². The van der Waals surface area contributed by atoms with Crippen molar-refractivity contribution in [3.8, 4) is 0 Å². The maximum absolute atomic E-state index is 11.6. The van der Waals surface area contributed by atoms with Crippen LogP contribution in [0.1, 0.15) is 58.3 Å². The first-order chi connectivity index (χ1) is 11.3. The second-order valence-electron chi connectivity index (χ2n) is 5.42. The molecule has 9 heteroatoms. The van der Waals surface area contributed by atoms with Gasteiger partial charge in [0, 0.05) is 0 Å². The third-order valence-corrected chi connectivity index (χ3v) is 4.35. The molecule has 0 aromatic rings. The van der Waals surface area contributed by atoms with Crippen molar-refractivity contribution in [2.75, 3.05) is 13.2 Å². The van der Waals surface area contributed by atoms with Crippen molar-refractivity contribution in [3.63, 3.8) is 0 Å². The predicted octanol–water partition coefficient (Wildman–Crippen LogP) is -0.683. The van der Waals surface area contributed by atoms with Crippen molar-refractivity contribution in [3.05, 3.63) is 12.7 Å². The molecule has 0 heterocycles. The summed E-state index contributed by atoms with van der Waals surface area (Å²) in [5.41, 5.74) is 0. The molecule has 0 bridgehead atoms. The van der Waals surface area contributed by atoms with Crippen LogP contribution in [0.4, 0.5) is 0 Å². The van der Waals surface area contributed by atoms with Crippen LogP contribution in [0.15, 0.2) is 12.7 Å². The molecule has 0 aliphatic heterocycles. The number of carbonyl (C=O) groups excluding carboxylic acids is 2. The van der Waals surface area contributed by atoms with Gasteiger partial charge in [0.05, 0.1) is 19.6 Å². The topological polar surface area (TPSA) is 110 Å². The number of hydrogen-bond acceptors (Lipinski definition) is 7. The van der Waals surface area contributed by atoms with Gasteiger partial charge >= 0.3 is 41.5 Å². The second-order valence-corrected chi connectivity index (χ2v) is 6.97. The van der Waals surface area contributed by atoms with Gasteiger partial charge in [-0.25, -0.2) is 8.42 Å². The van der Waals surface area contributed by atoms with Crippen molar-refractivity contribution >= 4 is 22.1 Å². The third-order valence-electron chi connectivity index (χ3n) is 3.29. The summed E-state index contributed by atoms with van der Waals surface area (Å²) in [4.78, 5) is 23.3. The minimum atomic E-state index is -4.99. The second kappa shape index (κ2) is 15.8. The van der Waals surface area contributed by atoms with Gasteiger partial charge in [-0.05, 0) is 12.8 Å². The van der Waals surface area contributed by atoms with E-state index in [4.69, 9.17) is 4.74 Å². The van der Waals surface area contributed by atoms with E-state index in [1.165, 1.54) is 6.08 Å². The number of rotatable bonds is 14. The molecule has 7 nitrogen and oxygen atoms in total. The summed E-state index contributed by atoms with van der Waals surface area (Å²) in [6.45, 7) is 5.58. The van der Waals surface area contributed by atoms with Crippen LogP contribution >= 0.6 is 0 Å². The van der Waals surface area contributed by atoms with Crippen LogP contribution in [0.25, 0.3) is 0 Å². The molecule has 0 aliphatic carbocycles. The van der Waals surface area contributed by atoms with Gasteiger partial charge in [0.1, 0.15) is 10.1 Å². The molecule has 0 saturated heterocycles. The zero-order valence-corrected chi connectivity index (χ0v) is 18.0. The van der Waals surface area contributed by atoms with Crippen LogP contribution in [0, 0.1) is 0 Å². The van der Waals surface area contributed by atoms with E-state index in [1.54, 1.807) is 0 Å². The normalized spacial score (nSPS) is 11.9. The summed E-state index contributed by atoms with van der Waals surface area (Å²) in [7, 11) is -4.99. The van der Waals surface area contributed by atoms with Gasteiger partial charge in [-0.1, -0.05) is 45.1 Å². The van der Waals surface area contributed by atoms with E-state index in [-0.39, 0.29) is 42.8 Å². The van der Waals surface area contributed by atoms with Gasteiger partial charge in [-0.2, -0.15) is 0 Å². The Morgan fingerprint density at radius 2 is 1.68 bits per heavy atom. The summed E-state index contributed by atoms with van der Waals surface area (Å²) in [6, 6.07) is 0. The summed E-state index contributed by atoms with van der Waals surface area (Å²) in [5.74, 6) is -2.13. The van der Waals surface area contributed by atoms with E-state index in [2.05, 4.69) is 18.2 Å². The summed E-state index contributed by atoms with van der Waals surface area (Å²) >= 11 is 0. The fourth-order valence-corrected chi connectivity index (χ4v) is 2.56. The van der Waals surface area contributed by atoms with Crippen molar-refractivity contribution in [2.24, 2.45) is 0 Å². The van der Waals surface area contributed by atoms with E-state index in [9.17, 15) is 22.6 Å². The number of hydrogen-bond donors (Lipinski definition) is 0. The summed E-state index contributed by atoms with van der Waals surface area (Å²) in [6.07, 6.45) is 7.00. The number of esters is 2. The van der Waals surface area contributed by atoms with E-state index in [1.807, 2.05) is 0 Å². The molecular formula is C16H27NaO7S. The Bertz CT molecular complexity index is 491. The van der Waals surface area contributed by atoms with Gasteiger partial charge < -0.3 is 14.0 Å². The molecule has 0 fully saturated rings. The van der Waals surface area contributed by atoms with E-state index in [0.717, 1.165) is 32.1 Å². The molecule has 0 N–H and O–H groups in total. The molecular weight excluding hydrogens is 359 g/mol. The number of unbranched alkanes of at least 4 members (excludes halogenated alkanes) is 5. The molecule has 0 saturated carbocycles. The van der Waals surface area contributed by atoms with Crippen LogP contribution in [0.5, 0.6) is 0 Å². The predicted molar refractivity (Wildman–Crippen MR) is 88.2 cm³/mol. The Morgan fingerprint density at radius 3 is 2.24 bits per heavy atom. The van der Waals surface area contributed by atoms with Gasteiger partial charge in [0.25, 0.3) is 0 Å². The minimum absolute atomic E-state index is 0. The Morgan fingerprint density at radius 1 is 1.08 bits per heavy atom. The largest absolute Gasteiger partial charge is 1.00 e. The average Bonchev–Trinajstić information content (AvgIpc) is 2.50. The van der Waals surface area contributed by atoms with Gasteiger partial charge in [0.15, 0.2) is 5.25 Å². The monoisotopic (exact) mass is 386 g/mol. The molecule has 0 radical (unpaired) electrons. The first kappa shape index (κ1) is 26.8. The molecule has 25 heavy (non-hydrogen) atoms. The van der Waals surface area contributed by atoms with Crippen molar-refractivity contribution < 1.29 is 61.6 Å². The summed E-state index contributed by atoms with van der Waals surface area (Å²) in [5, 5.41) is -2.07. The van der Waals surface area contributed by atoms with Crippen LogP contribution < -0.4 is 29.6 Å². The standard InChI is InChI=1S/C16H28O7S.Na/c1-3-5-7-8-9-10-12-22-15(17)13-14(24(19,20)21)16(18)23-11-6-4-2;/h4,14H,2-3,5-13H2,1H3,(H,19,20,21);/q;+1/p-1. The fraction of sp³-hybridized carbons (Fsp3) is 0.750. The molecule has 0 spiro atoms. The van der Waals surface area contributed by atoms with E-state index >= 15 is 0 Å². The van der Waals surface area contributed by atoms with Crippen molar-refractivity contribution in [1.29, 1.82) is 0 Å². The first-order valence-corrected chi connectivity index (χ1v) is 9.68. The average molecular weight is 386 g/mol.